The Labute approximate surface area is 307 Å². The summed E-state index contributed by atoms with van der Waals surface area (Å²) in [5, 5.41) is 16.4. The molecule has 278 valence electrons. The zero-order chi connectivity index (χ0) is 37.3. The molecule has 0 aromatic heterocycles. The third kappa shape index (κ3) is 11.7. The number of urea groups is 1. The average molecular weight is 754 g/mol. The summed E-state index contributed by atoms with van der Waals surface area (Å²) in [6.07, 6.45) is -2.64. The molecule has 1 heterocycles. The summed E-state index contributed by atoms with van der Waals surface area (Å²) in [7, 11) is 1.99. The van der Waals surface area contributed by atoms with Crippen LogP contribution in [-0.4, -0.2) is 78.4 Å². The Morgan fingerprint density at radius 3 is 2.37 bits per heavy atom. The molecule has 0 saturated carbocycles. The summed E-state index contributed by atoms with van der Waals surface area (Å²) in [6.45, 7) is 7.35. The quantitative estimate of drug-likeness (QED) is 0.213. The lowest BCUT2D eigenvalue weighted by Crippen LogP contribution is -2.47. The van der Waals surface area contributed by atoms with Crippen molar-refractivity contribution in [3.63, 3.8) is 0 Å². The number of halogens is 5. The van der Waals surface area contributed by atoms with Crippen molar-refractivity contribution in [1.29, 1.82) is 0 Å². The number of likely N-dealkylation sites (N-methyl/N-ethyl adjacent to an activating group) is 1. The first-order chi connectivity index (χ1) is 24.1. The Kier molecular flexibility index (Phi) is 14.4. The fourth-order valence-corrected chi connectivity index (χ4v) is 6.14. The van der Waals surface area contributed by atoms with Crippen LogP contribution in [0.25, 0.3) is 0 Å². The fourth-order valence-electron chi connectivity index (χ4n) is 5.82. The molecule has 0 bridgehead atoms. The number of amides is 3. The zero-order valence-corrected chi connectivity index (χ0v) is 30.6. The predicted octanol–water partition coefficient (Wildman–Crippen LogP) is 8.58. The smallest absolute Gasteiger partial charge is 0.416 e. The second-order valence-electron chi connectivity index (χ2n) is 13.1. The maximum Gasteiger partial charge on any atom is 0.416 e. The van der Waals surface area contributed by atoms with Gasteiger partial charge in [-0.15, -0.1) is 0 Å². The van der Waals surface area contributed by atoms with Gasteiger partial charge in [0.15, 0.2) is 0 Å². The molecule has 4 rings (SSSR count). The Bertz CT molecular complexity index is 1630. The molecule has 0 fully saturated rings. The van der Waals surface area contributed by atoms with Gasteiger partial charge in [-0.25, -0.2) is 4.79 Å². The molecule has 9 nitrogen and oxygen atoms in total. The topological polar surface area (TPSA) is 103 Å². The zero-order valence-electron chi connectivity index (χ0n) is 29.1. The largest absolute Gasteiger partial charge is 0.490 e. The summed E-state index contributed by atoms with van der Waals surface area (Å²) in [4.78, 5) is 30.9. The molecular formula is C37H45Cl2F3N4O5. The highest BCUT2D eigenvalue weighted by Crippen LogP contribution is 2.31. The number of alkyl halides is 3. The van der Waals surface area contributed by atoms with Gasteiger partial charge in [-0.2, -0.15) is 13.2 Å². The van der Waals surface area contributed by atoms with Crippen LogP contribution in [0.1, 0.15) is 61.5 Å². The molecule has 1 aliphatic rings. The van der Waals surface area contributed by atoms with Crippen molar-refractivity contribution in [2.45, 2.75) is 71.0 Å². The maximum absolute atomic E-state index is 14.4. The normalized spacial score (nSPS) is 19.9. The number of nitrogens with one attached hydrogen (secondary N) is 2. The molecule has 0 spiro atoms. The number of anilines is 2. The van der Waals surface area contributed by atoms with Crippen LogP contribution in [0, 0.1) is 5.92 Å². The molecule has 3 aromatic carbocycles. The number of rotatable bonds is 8. The van der Waals surface area contributed by atoms with Gasteiger partial charge in [0, 0.05) is 43.5 Å². The van der Waals surface area contributed by atoms with Crippen LogP contribution in [0.15, 0.2) is 60.7 Å². The number of carbonyl (C=O) groups is 2. The monoisotopic (exact) mass is 752 g/mol. The van der Waals surface area contributed by atoms with Gasteiger partial charge < -0.3 is 30.1 Å². The van der Waals surface area contributed by atoms with Gasteiger partial charge in [0.05, 0.1) is 46.0 Å². The third-order valence-corrected chi connectivity index (χ3v) is 9.45. The molecule has 51 heavy (non-hydrogen) atoms. The first-order valence-electron chi connectivity index (χ1n) is 16.9. The first-order valence-corrected chi connectivity index (χ1v) is 17.6. The predicted molar refractivity (Wildman–Crippen MR) is 194 cm³/mol. The van der Waals surface area contributed by atoms with E-state index in [9.17, 15) is 27.9 Å². The van der Waals surface area contributed by atoms with Crippen molar-refractivity contribution in [2.24, 2.45) is 5.92 Å². The average Bonchev–Trinajstić information content (AvgIpc) is 3.07. The number of benzene rings is 3. The van der Waals surface area contributed by atoms with Crippen LogP contribution in [0.4, 0.5) is 29.3 Å². The van der Waals surface area contributed by atoms with E-state index >= 15 is 0 Å². The van der Waals surface area contributed by atoms with E-state index in [1.807, 2.05) is 33.0 Å². The Hall–Kier alpha value is -3.55. The van der Waals surface area contributed by atoms with Crippen molar-refractivity contribution in [1.82, 2.24) is 9.80 Å². The van der Waals surface area contributed by atoms with Gasteiger partial charge in [-0.1, -0.05) is 36.2 Å². The maximum atomic E-state index is 14.4. The van der Waals surface area contributed by atoms with E-state index in [0.29, 0.717) is 41.9 Å². The van der Waals surface area contributed by atoms with E-state index in [-0.39, 0.29) is 48.2 Å². The van der Waals surface area contributed by atoms with Crippen molar-refractivity contribution in [3.05, 3.63) is 87.4 Å². The number of carbonyl (C=O) groups excluding carboxylic acids is 2. The summed E-state index contributed by atoms with van der Waals surface area (Å²) in [6, 6.07) is 13.0. The van der Waals surface area contributed by atoms with Crippen LogP contribution in [0.5, 0.6) is 5.75 Å². The molecule has 0 unspecified atom stereocenters. The molecule has 14 heteroatoms. The highest BCUT2D eigenvalue weighted by molar-refractivity contribution is 6.42. The van der Waals surface area contributed by atoms with Crippen LogP contribution >= 0.6 is 23.2 Å². The van der Waals surface area contributed by atoms with Gasteiger partial charge in [0.2, 0.25) is 0 Å². The molecule has 1 aliphatic heterocycles. The molecule has 3 N–H and O–H groups in total. The summed E-state index contributed by atoms with van der Waals surface area (Å²) in [5.74, 6) is -0.228. The lowest BCUT2D eigenvalue weighted by atomic mass is 10.0. The summed E-state index contributed by atoms with van der Waals surface area (Å²) in [5.41, 5.74) is 0.765. The van der Waals surface area contributed by atoms with E-state index < -0.39 is 29.7 Å². The number of hydrogen-bond acceptors (Lipinski definition) is 6. The Morgan fingerprint density at radius 2 is 1.71 bits per heavy atom. The summed E-state index contributed by atoms with van der Waals surface area (Å²) < 4.78 is 51.6. The fraction of sp³-hybridized carbons (Fsp3) is 0.459. The van der Waals surface area contributed by atoms with Gasteiger partial charge in [-0.3, -0.25) is 9.69 Å². The van der Waals surface area contributed by atoms with Crippen LogP contribution in [0.2, 0.25) is 10.0 Å². The number of aliphatic hydroxyl groups excluding tert-OH is 1. The van der Waals surface area contributed by atoms with E-state index in [1.165, 1.54) is 6.07 Å². The molecular weight excluding hydrogens is 708 g/mol. The van der Waals surface area contributed by atoms with Gasteiger partial charge in [0.1, 0.15) is 5.75 Å². The number of aliphatic hydroxyl groups is 1. The molecule has 4 atom stereocenters. The minimum absolute atomic E-state index is 0.152. The Morgan fingerprint density at radius 1 is 1.02 bits per heavy atom. The van der Waals surface area contributed by atoms with E-state index in [4.69, 9.17) is 32.7 Å². The standard InChI is InChI=1S/C37H45Cl2F3N4O5/c1-23-19-46(24(2)22-47)35(48)30-18-29(44-36(49)43-28-11-9-27(10-12-28)37(40,41)42)13-15-33(30)51-25(3)7-5-6-16-50-34(23)21-45(4)20-26-8-14-31(38)32(39)17-26/h8-15,17-18,23-25,34,47H,5-7,16,19-22H2,1-4H3,(H2,43,44,49)/t23-,24-,25+,34-/m0/s1. The van der Waals surface area contributed by atoms with E-state index in [0.717, 1.165) is 42.7 Å². The van der Waals surface area contributed by atoms with Gasteiger partial charge in [-0.05, 0) is 100 Å². The van der Waals surface area contributed by atoms with Crippen molar-refractivity contribution in [2.75, 3.05) is 44.0 Å². The van der Waals surface area contributed by atoms with Crippen LogP contribution in [0.3, 0.4) is 0 Å². The molecule has 3 amide bonds. The first kappa shape index (κ1) is 40.2. The minimum Gasteiger partial charge on any atom is -0.490 e. The highest BCUT2D eigenvalue weighted by atomic mass is 35.5. The minimum atomic E-state index is -4.50. The Balaban J connectivity index is 1.57. The van der Waals surface area contributed by atoms with Gasteiger partial charge >= 0.3 is 12.2 Å². The number of hydrogen-bond donors (Lipinski definition) is 3. The molecule has 0 radical (unpaired) electrons. The number of ether oxygens (including phenoxy) is 2. The van der Waals surface area contributed by atoms with Gasteiger partial charge in [0.25, 0.3) is 5.91 Å². The van der Waals surface area contributed by atoms with E-state index in [2.05, 4.69) is 15.5 Å². The van der Waals surface area contributed by atoms with Crippen molar-refractivity contribution < 1.29 is 37.3 Å². The molecule has 3 aromatic rings. The van der Waals surface area contributed by atoms with Crippen molar-refractivity contribution >= 4 is 46.5 Å². The van der Waals surface area contributed by atoms with Crippen molar-refractivity contribution in [3.8, 4) is 5.75 Å². The molecule has 0 aliphatic carbocycles. The number of nitrogens with zero attached hydrogens (tertiary/aromatic N) is 2. The summed E-state index contributed by atoms with van der Waals surface area (Å²) >= 11 is 12.4. The second-order valence-corrected chi connectivity index (χ2v) is 13.9. The second kappa shape index (κ2) is 18.3. The SMILES string of the molecule is C[C@@H]1CCCCO[C@@H](CN(C)Cc2ccc(Cl)c(Cl)c2)[C@@H](C)CN([C@@H](C)CO)C(=O)c2cc(NC(=O)Nc3ccc(C(F)(F)F)cc3)ccc2O1. The number of fused-ring (bicyclic) bond motifs is 1. The van der Waals surface area contributed by atoms with Crippen LogP contribution < -0.4 is 15.4 Å². The lowest BCUT2D eigenvalue weighted by Gasteiger charge is -2.36. The van der Waals surface area contributed by atoms with Crippen LogP contribution in [-0.2, 0) is 17.5 Å². The highest BCUT2D eigenvalue weighted by Gasteiger charge is 2.31. The lowest BCUT2D eigenvalue weighted by molar-refractivity contribution is -0.137. The molecule has 0 saturated heterocycles. The third-order valence-electron chi connectivity index (χ3n) is 8.71. The van der Waals surface area contributed by atoms with E-state index in [1.54, 1.807) is 30.0 Å².